The molecule has 0 heterocycles. The van der Waals surface area contributed by atoms with E-state index in [2.05, 4.69) is 10.6 Å². The molecule has 0 aliphatic heterocycles. The minimum Gasteiger partial charge on any atom is -0.478 e. The molecule has 2 unspecified atom stereocenters. The zero-order valence-corrected chi connectivity index (χ0v) is 13.6. The van der Waals surface area contributed by atoms with Crippen molar-refractivity contribution in [2.45, 2.75) is 38.4 Å². The van der Waals surface area contributed by atoms with Crippen molar-refractivity contribution in [3.8, 4) is 0 Å². The molecule has 1 fully saturated rings. The number of carboxylic acid groups (broad SMARTS) is 1. The van der Waals surface area contributed by atoms with Crippen LogP contribution in [0.1, 0.15) is 41.6 Å². The van der Waals surface area contributed by atoms with Gasteiger partial charge in [0.1, 0.15) is 0 Å². The fourth-order valence-electron chi connectivity index (χ4n) is 3.02. The van der Waals surface area contributed by atoms with E-state index in [1.807, 2.05) is 0 Å². The molecule has 138 valence electrons. The van der Waals surface area contributed by atoms with Gasteiger partial charge in [0.25, 0.3) is 0 Å². The number of aromatic carboxylic acids is 1. The van der Waals surface area contributed by atoms with E-state index in [9.17, 15) is 22.8 Å². The van der Waals surface area contributed by atoms with E-state index in [1.165, 1.54) is 12.1 Å². The lowest BCUT2D eigenvalue weighted by atomic mass is 9.81. The van der Waals surface area contributed by atoms with Crippen molar-refractivity contribution in [1.82, 2.24) is 10.6 Å². The Bertz CT molecular complexity index is 602. The molecular formula is C17H21F3N2O3. The number of nitrogens with one attached hydrogen (secondary N) is 2. The number of carbonyl (C=O) groups is 2. The quantitative estimate of drug-likeness (QED) is 0.753. The summed E-state index contributed by atoms with van der Waals surface area (Å²) in [6.45, 7) is 0.429. The predicted octanol–water partition coefficient (Wildman–Crippen LogP) is 3.55. The number of urea groups is 1. The van der Waals surface area contributed by atoms with E-state index in [0.29, 0.717) is 12.8 Å². The molecule has 0 aromatic heterocycles. The molecule has 8 heteroatoms. The average molecular weight is 358 g/mol. The molecule has 2 amide bonds. The third-order valence-corrected chi connectivity index (χ3v) is 4.45. The van der Waals surface area contributed by atoms with Crippen molar-refractivity contribution >= 4 is 12.0 Å². The summed E-state index contributed by atoms with van der Waals surface area (Å²) in [7, 11) is 0. The monoisotopic (exact) mass is 358 g/mol. The standard InChI is InChI=1S/C17H21F3N2O3/c18-17(19,20)14-3-1-2-12(8-14)10-22-16(25)21-9-11-4-6-13(7-5-11)15(23)24/h4-7,12,14H,1-3,8-10H2,(H,23,24)(H2,21,22,25). The Kier molecular flexibility index (Phi) is 6.27. The molecule has 5 nitrogen and oxygen atoms in total. The van der Waals surface area contributed by atoms with Crippen LogP contribution in [0.5, 0.6) is 0 Å². The molecule has 2 atom stereocenters. The van der Waals surface area contributed by atoms with Crippen LogP contribution in [0.25, 0.3) is 0 Å². The van der Waals surface area contributed by atoms with Crippen LogP contribution < -0.4 is 10.6 Å². The van der Waals surface area contributed by atoms with Crippen LogP contribution in [0.4, 0.5) is 18.0 Å². The molecule has 0 radical (unpaired) electrons. The molecule has 1 aromatic rings. The lowest BCUT2D eigenvalue weighted by Gasteiger charge is -2.30. The first kappa shape index (κ1) is 19.1. The number of alkyl halides is 3. The molecule has 25 heavy (non-hydrogen) atoms. The van der Waals surface area contributed by atoms with Gasteiger partial charge in [-0.15, -0.1) is 0 Å². The maximum Gasteiger partial charge on any atom is 0.391 e. The maximum atomic E-state index is 12.8. The predicted molar refractivity (Wildman–Crippen MR) is 85.1 cm³/mol. The van der Waals surface area contributed by atoms with Gasteiger partial charge in [0.05, 0.1) is 11.5 Å². The third kappa shape index (κ3) is 5.95. The van der Waals surface area contributed by atoms with Crippen LogP contribution in [-0.2, 0) is 6.54 Å². The van der Waals surface area contributed by atoms with E-state index < -0.39 is 24.1 Å². The zero-order chi connectivity index (χ0) is 18.4. The van der Waals surface area contributed by atoms with E-state index in [1.54, 1.807) is 12.1 Å². The highest BCUT2D eigenvalue weighted by Gasteiger charge is 2.42. The number of halogens is 3. The summed E-state index contributed by atoms with van der Waals surface area (Å²) in [6.07, 6.45) is -2.74. The number of carboxylic acids is 1. The molecule has 0 bridgehead atoms. The highest BCUT2D eigenvalue weighted by molar-refractivity contribution is 5.87. The first-order chi connectivity index (χ1) is 11.8. The highest BCUT2D eigenvalue weighted by Crippen LogP contribution is 2.39. The fourth-order valence-corrected chi connectivity index (χ4v) is 3.02. The van der Waals surface area contributed by atoms with Gasteiger partial charge in [-0.3, -0.25) is 0 Å². The van der Waals surface area contributed by atoms with Crippen LogP contribution in [0, 0.1) is 11.8 Å². The molecule has 1 aliphatic rings. The lowest BCUT2D eigenvalue weighted by molar-refractivity contribution is -0.185. The van der Waals surface area contributed by atoms with Gasteiger partial charge in [-0.1, -0.05) is 18.6 Å². The van der Waals surface area contributed by atoms with Gasteiger partial charge in [0.2, 0.25) is 0 Å². The normalized spacial score (nSPS) is 20.8. The van der Waals surface area contributed by atoms with E-state index in [-0.39, 0.29) is 37.4 Å². The zero-order valence-electron chi connectivity index (χ0n) is 13.6. The molecule has 1 saturated carbocycles. The number of amides is 2. The van der Waals surface area contributed by atoms with Crippen molar-refractivity contribution in [1.29, 1.82) is 0 Å². The minimum absolute atomic E-state index is 0.0560. The third-order valence-electron chi connectivity index (χ3n) is 4.45. The Morgan fingerprint density at radius 1 is 1.12 bits per heavy atom. The molecule has 0 spiro atoms. The Balaban J connectivity index is 1.72. The number of hydrogen-bond donors (Lipinski definition) is 3. The van der Waals surface area contributed by atoms with Gasteiger partial charge in [0, 0.05) is 13.1 Å². The molecule has 1 aliphatic carbocycles. The van der Waals surface area contributed by atoms with Crippen molar-refractivity contribution in [2.24, 2.45) is 11.8 Å². The van der Waals surface area contributed by atoms with Gasteiger partial charge in [-0.25, -0.2) is 9.59 Å². The number of carbonyl (C=O) groups excluding carboxylic acids is 1. The molecule has 2 rings (SSSR count). The van der Waals surface area contributed by atoms with E-state index in [0.717, 1.165) is 5.56 Å². The minimum atomic E-state index is -4.16. The summed E-state index contributed by atoms with van der Waals surface area (Å²) in [5, 5.41) is 14.0. The van der Waals surface area contributed by atoms with Crippen molar-refractivity contribution in [2.75, 3.05) is 6.54 Å². The van der Waals surface area contributed by atoms with Crippen LogP contribution in [0.3, 0.4) is 0 Å². The molecule has 3 N–H and O–H groups in total. The summed E-state index contributed by atoms with van der Waals surface area (Å²) in [5.74, 6) is -2.47. The van der Waals surface area contributed by atoms with Crippen LogP contribution >= 0.6 is 0 Å². The summed E-state index contributed by atoms with van der Waals surface area (Å²) >= 11 is 0. The Labute approximate surface area is 143 Å². The van der Waals surface area contributed by atoms with Crippen LogP contribution in [0.2, 0.25) is 0 Å². The molecular weight excluding hydrogens is 337 g/mol. The number of benzene rings is 1. The topological polar surface area (TPSA) is 78.4 Å². The van der Waals surface area contributed by atoms with Gasteiger partial charge in [-0.2, -0.15) is 13.2 Å². The van der Waals surface area contributed by atoms with Gasteiger partial charge in [-0.05, 0) is 42.9 Å². The number of rotatable bonds is 5. The summed E-state index contributed by atoms with van der Waals surface area (Å²) in [6, 6.07) is 5.63. The second kappa shape index (κ2) is 8.22. The highest BCUT2D eigenvalue weighted by atomic mass is 19.4. The van der Waals surface area contributed by atoms with Gasteiger partial charge < -0.3 is 15.7 Å². The molecule has 0 saturated heterocycles. The number of hydrogen-bond acceptors (Lipinski definition) is 2. The maximum absolute atomic E-state index is 12.8. The first-order valence-corrected chi connectivity index (χ1v) is 8.16. The average Bonchev–Trinajstić information content (AvgIpc) is 2.58. The molecule has 1 aromatic carbocycles. The van der Waals surface area contributed by atoms with Crippen molar-refractivity contribution < 1.29 is 27.9 Å². The van der Waals surface area contributed by atoms with E-state index >= 15 is 0 Å². The second-order valence-corrected chi connectivity index (χ2v) is 6.34. The van der Waals surface area contributed by atoms with Gasteiger partial charge >= 0.3 is 18.2 Å². The smallest absolute Gasteiger partial charge is 0.391 e. The Morgan fingerprint density at radius 3 is 2.40 bits per heavy atom. The Hall–Kier alpha value is -2.25. The van der Waals surface area contributed by atoms with E-state index in [4.69, 9.17) is 5.11 Å². The largest absolute Gasteiger partial charge is 0.478 e. The van der Waals surface area contributed by atoms with Crippen molar-refractivity contribution in [3.63, 3.8) is 0 Å². The Morgan fingerprint density at radius 2 is 1.80 bits per heavy atom. The fraction of sp³-hybridized carbons (Fsp3) is 0.529. The summed E-state index contributed by atoms with van der Waals surface area (Å²) in [5.41, 5.74) is 0.889. The van der Waals surface area contributed by atoms with Gasteiger partial charge in [0.15, 0.2) is 0 Å². The summed E-state index contributed by atoms with van der Waals surface area (Å²) in [4.78, 5) is 22.5. The van der Waals surface area contributed by atoms with Crippen LogP contribution in [0.15, 0.2) is 24.3 Å². The van der Waals surface area contributed by atoms with Crippen LogP contribution in [-0.4, -0.2) is 29.8 Å². The SMILES string of the molecule is O=C(NCc1ccc(C(=O)O)cc1)NCC1CCCC(C(F)(F)F)C1. The second-order valence-electron chi connectivity index (χ2n) is 6.34. The van der Waals surface area contributed by atoms with Crippen molar-refractivity contribution in [3.05, 3.63) is 35.4 Å². The first-order valence-electron chi connectivity index (χ1n) is 8.16. The lowest BCUT2D eigenvalue weighted by Crippen LogP contribution is -2.40. The summed E-state index contributed by atoms with van der Waals surface area (Å²) < 4.78 is 38.3.